The predicted molar refractivity (Wildman–Crippen MR) is 79.5 cm³/mol. The summed E-state index contributed by atoms with van der Waals surface area (Å²) >= 11 is 5.53. The number of rotatable bonds is 5. The van der Waals surface area contributed by atoms with Gasteiger partial charge in [0, 0.05) is 28.5 Å². The molecule has 0 spiro atoms. The Hall–Kier alpha value is 0.140. The van der Waals surface area contributed by atoms with Crippen molar-refractivity contribution in [2.45, 2.75) is 52.1 Å². The molecule has 96 valence electrons. The fraction of sp³-hybridized carbons (Fsp3) is 0.714. The Morgan fingerprint density at radius 2 is 2.12 bits per heavy atom. The van der Waals surface area contributed by atoms with Crippen LogP contribution in [0.2, 0.25) is 0 Å². The topological polar surface area (TPSA) is 3.24 Å². The molecule has 1 heterocycles. The average molecular weight is 316 g/mol. The van der Waals surface area contributed by atoms with Gasteiger partial charge in [0.05, 0.1) is 0 Å². The van der Waals surface area contributed by atoms with Crippen LogP contribution in [0.1, 0.15) is 44.4 Å². The van der Waals surface area contributed by atoms with E-state index in [-0.39, 0.29) is 0 Å². The van der Waals surface area contributed by atoms with Gasteiger partial charge in [-0.1, -0.05) is 26.7 Å². The van der Waals surface area contributed by atoms with E-state index >= 15 is 0 Å². The van der Waals surface area contributed by atoms with E-state index in [0.717, 1.165) is 18.5 Å². The standard InChI is InChI=1S/C14H22BrNS/c1-11(2)9-16(12-5-3-4-6-12)10-14-13(15)7-8-17-14/h7-8,11-12H,3-6,9-10H2,1-2H3. The van der Waals surface area contributed by atoms with Crippen LogP contribution in [-0.2, 0) is 6.54 Å². The first-order valence-electron chi connectivity index (χ1n) is 6.62. The molecule has 1 aromatic heterocycles. The van der Waals surface area contributed by atoms with Gasteiger partial charge in [-0.3, -0.25) is 4.90 Å². The fourth-order valence-corrected chi connectivity index (χ4v) is 4.21. The van der Waals surface area contributed by atoms with Crippen LogP contribution < -0.4 is 0 Å². The zero-order valence-electron chi connectivity index (χ0n) is 10.8. The zero-order valence-corrected chi connectivity index (χ0v) is 13.2. The summed E-state index contributed by atoms with van der Waals surface area (Å²) in [6, 6.07) is 2.99. The number of halogens is 1. The average Bonchev–Trinajstić information content (AvgIpc) is 2.89. The van der Waals surface area contributed by atoms with E-state index in [1.165, 1.54) is 41.6 Å². The lowest BCUT2D eigenvalue weighted by Crippen LogP contribution is -2.35. The SMILES string of the molecule is CC(C)CN(Cc1sccc1Br)C1CCCC1. The second-order valence-corrected chi connectivity index (χ2v) is 7.31. The normalized spacial score (nSPS) is 17.5. The van der Waals surface area contributed by atoms with Crippen LogP contribution in [0.15, 0.2) is 15.9 Å². The maximum atomic E-state index is 3.65. The van der Waals surface area contributed by atoms with Gasteiger partial charge in [0.2, 0.25) is 0 Å². The van der Waals surface area contributed by atoms with E-state index < -0.39 is 0 Å². The zero-order chi connectivity index (χ0) is 12.3. The van der Waals surface area contributed by atoms with E-state index in [9.17, 15) is 0 Å². The van der Waals surface area contributed by atoms with Crippen molar-refractivity contribution in [1.29, 1.82) is 0 Å². The lowest BCUT2D eigenvalue weighted by Gasteiger charge is -2.30. The molecule has 0 radical (unpaired) electrons. The summed E-state index contributed by atoms with van der Waals surface area (Å²) in [6.07, 6.45) is 5.64. The molecule has 17 heavy (non-hydrogen) atoms. The van der Waals surface area contributed by atoms with Crippen molar-refractivity contribution in [3.63, 3.8) is 0 Å². The summed E-state index contributed by atoms with van der Waals surface area (Å²) in [7, 11) is 0. The largest absolute Gasteiger partial charge is 0.295 e. The lowest BCUT2D eigenvalue weighted by molar-refractivity contribution is 0.170. The molecule has 3 heteroatoms. The highest BCUT2D eigenvalue weighted by molar-refractivity contribution is 9.10. The first kappa shape index (κ1) is 13.6. The van der Waals surface area contributed by atoms with Gasteiger partial charge in [0.25, 0.3) is 0 Å². The van der Waals surface area contributed by atoms with Gasteiger partial charge in [-0.15, -0.1) is 11.3 Å². The maximum Gasteiger partial charge on any atom is 0.0342 e. The minimum absolute atomic E-state index is 0.759. The first-order chi connectivity index (χ1) is 8.16. The van der Waals surface area contributed by atoms with Crippen molar-refractivity contribution in [2.75, 3.05) is 6.54 Å². The molecule has 1 saturated carbocycles. The molecule has 1 aromatic rings. The van der Waals surface area contributed by atoms with Crippen molar-refractivity contribution in [1.82, 2.24) is 4.90 Å². The van der Waals surface area contributed by atoms with Gasteiger partial charge in [0.1, 0.15) is 0 Å². The Morgan fingerprint density at radius 1 is 1.41 bits per heavy atom. The van der Waals surface area contributed by atoms with Crippen LogP contribution in [0, 0.1) is 5.92 Å². The molecule has 1 nitrogen and oxygen atoms in total. The Kier molecular flexibility index (Phi) is 5.07. The van der Waals surface area contributed by atoms with Gasteiger partial charge in [-0.25, -0.2) is 0 Å². The third-order valence-electron chi connectivity index (χ3n) is 3.48. The second kappa shape index (κ2) is 6.35. The van der Waals surface area contributed by atoms with Crippen LogP contribution in [0.25, 0.3) is 0 Å². The van der Waals surface area contributed by atoms with E-state index in [4.69, 9.17) is 0 Å². The van der Waals surface area contributed by atoms with E-state index in [2.05, 4.69) is 46.1 Å². The number of hydrogen-bond donors (Lipinski definition) is 0. The van der Waals surface area contributed by atoms with Gasteiger partial charge >= 0.3 is 0 Å². The molecule has 2 rings (SSSR count). The van der Waals surface area contributed by atoms with Crippen molar-refractivity contribution in [2.24, 2.45) is 5.92 Å². The molecule has 0 aliphatic heterocycles. The molecular weight excluding hydrogens is 294 g/mol. The summed E-state index contributed by atoms with van der Waals surface area (Å²) in [6.45, 7) is 7.01. The van der Waals surface area contributed by atoms with Crippen molar-refractivity contribution in [3.8, 4) is 0 Å². The molecule has 1 aliphatic carbocycles. The molecule has 1 aliphatic rings. The molecule has 1 fully saturated rings. The van der Waals surface area contributed by atoms with Gasteiger partial charge in [-0.2, -0.15) is 0 Å². The van der Waals surface area contributed by atoms with Gasteiger partial charge in [0.15, 0.2) is 0 Å². The van der Waals surface area contributed by atoms with Crippen LogP contribution >= 0.6 is 27.3 Å². The Labute approximate surface area is 117 Å². The number of thiophene rings is 1. The molecule has 0 saturated heterocycles. The highest BCUT2D eigenvalue weighted by Crippen LogP contribution is 2.29. The third kappa shape index (κ3) is 3.80. The molecule has 0 N–H and O–H groups in total. The summed E-state index contributed by atoms with van der Waals surface area (Å²) < 4.78 is 1.29. The van der Waals surface area contributed by atoms with E-state index in [1.807, 2.05) is 11.3 Å². The van der Waals surface area contributed by atoms with Crippen LogP contribution in [-0.4, -0.2) is 17.5 Å². The van der Waals surface area contributed by atoms with E-state index in [1.54, 1.807) is 0 Å². The second-order valence-electron chi connectivity index (χ2n) is 5.45. The minimum Gasteiger partial charge on any atom is -0.295 e. The number of nitrogens with zero attached hydrogens (tertiary/aromatic N) is 1. The first-order valence-corrected chi connectivity index (χ1v) is 8.30. The summed E-state index contributed by atoms with van der Waals surface area (Å²) in [4.78, 5) is 4.19. The Balaban J connectivity index is 2.02. The summed E-state index contributed by atoms with van der Waals surface area (Å²) in [5.41, 5.74) is 0. The highest BCUT2D eigenvalue weighted by atomic mass is 79.9. The maximum absolute atomic E-state index is 3.65. The molecule has 0 unspecified atom stereocenters. The Bertz CT molecular complexity index is 342. The van der Waals surface area contributed by atoms with Gasteiger partial charge in [-0.05, 0) is 46.1 Å². The van der Waals surface area contributed by atoms with Crippen LogP contribution in [0.4, 0.5) is 0 Å². The predicted octanol–water partition coefficient (Wildman–Crippen LogP) is 4.91. The molecule has 0 atom stereocenters. The highest BCUT2D eigenvalue weighted by Gasteiger charge is 2.23. The van der Waals surface area contributed by atoms with Crippen LogP contribution in [0.5, 0.6) is 0 Å². The molecule has 0 bridgehead atoms. The number of hydrogen-bond acceptors (Lipinski definition) is 2. The quantitative estimate of drug-likeness (QED) is 0.746. The van der Waals surface area contributed by atoms with Crippen molar-refractivity contribution in [3.05, 3.63) is 20.8 Å². The van der Waals surface area contributed by atoms with Crippen molar-refractivity contribution >= 4 is 27.3 Å². The summed E-state index contributed by atoms with van der Waals surface area (Å²) in [5.74, 6) is 0.759. The molecule has 0 amide bonds. The van der Waals surface area contributed by atoms with Crippen molar-refractivity contribution < 1.29 is 0 Å². The molecular formula is C14H22BrNS. The molecule has 0 aromatic carbocycles. The van der Waals surface area contributed by atoms with Gasteiger partial charge < -0.3 is 0 Å². The summed E-state index contributed by atoms with van der Waals surface area (Å²) in [5, 5.41) is 2.18. The monoisotopic (exact) mass is 315 g/mol. The van der Waals surface area contributed by atoms with E-state index in [0.29, 0.717) is 0 Å². The third-order valence-corrected chi connectivity index (χ3v) is 5.39. The smallest absolute Gasteiger partial charge is 0.0342 e. The Morgan fingerprint density at radius 3 is 2.65 bits per heavy atom. The fourth-order valence-electron chi connectivity index (χ4n) is 2.70. The minimum atomic E-state index is 0.759. The van der Waals surface area contributed by atoms with Crippen LogP contribution in [0.3, 0.4) is 0 Å². The lowest BCUT2D eigenvalue weighted by atomic mass is 10.1.